The third-order valence-corrected chi connectivity index (χ3v) is 3.80. The first-order valence-electron chi connectivity index (χ1n) is 9.44. The molecule has 0 aromatic rings. The highest BCUT2D eigenvalue weighted by molar-refractivity contribution is 5.81. The highest BCUT2D eigenvalue weighted by Gasteiger charge is 2.38. The zero-order valence-corrected chi connectivity index (χ0v) is 16.4. The summed E-state index contributed by atoms with van der Waals surface area (Å²) in [4.78, 5) is 44.7. The second kappa shape index (κ2) is 14.6. The molecule has 168 valence electrons. The Morgan fingerprint density at radius 2 is 1.62 bits per heavy atom. The number of hydrogen-bond acceptors (Lipinski definition) is 6. The van der Waals surface area contributed by atoms with Crippen LogP contribution < -0.4 is 5.32 Å². The van der Waals surface area contributed by atoms with E-state index in [9.17, 15) is 32.3 Å². The number of halogens is 3. The summed E-state index contributed by atoms with van der Waals surface area (Å²) < 4.78 is 46.7. The number of alkyl halides is 3. The molecule has 0 fully saturated rings. The number of nitrogens with one attached hydrogen (secondary N) is 1. The lowest BCUT2D eigenvalue weighted by atomic mass is 10.1. The van der Waals surface area contributed by atoms with Crippen LogP contribution in [0.1, 0.15) is 58.3 Å². The summed E-state index contributed by atoms with van der Waals surface area (Å²) in [6.07, 6.45) is -1.64. The molecular formula is C18H28F3NO7. The van der Waals surface area contributed by atoms with E-state index in [1.807, 2.05) is 0 Å². The minimum atomic E-state index is -5.08. The first kappa shape index (κ1) is 26.7. The van der Waals surface area contributed by atoms with Gasteiger partial charge in [0, 0.05) is 12.5 Å². The number of rotatable bonds is 15. The highest BCUT2D eigenvalue weighted by Crippen LogP contribution is 2.15. The van der Waals surface area contributed by atoms with Crippen molar-refractivity contribution in [2.24, 2.45) is 5.92 Å². The van der Waals surface area contributed by atoms with Crippen molar-refractivity contribution in [3.05, 3.63) is 0 Å². The van der Waals surface area contributed by atoms with Gasteiger partial charge in [-0.15, -0.1) is 0 Å². The lowest BCUT2D eigenvalue weighted by molar-refractivity contribution is -0.174. The Bertz CT molecular complexity index is 538. The Balaban J connectivity index is 4.49. The molecule has 11 heteroatoms. The molecule has 0 saturated carbocycles. The molecular weight excluding hydrogens is 399 g/mol. The molecule has 29 heavy (non-hydrogen) atoms. The van der Waals surface area contributed by atoms with Gasteiger partial charge in [0.15, 0.2) is 0 Å². The van der Waals surface area contributed by atoms with Crippen LogP contribution in [0.4, 0.5) is 13.2 Å². The van der Waals surface area contributed by atoms with Crippen LogP contribution >= 0.6 is 0 Å². The van der Waals surface area contributed by atoms with Crippen LogP contribution in [0, 0.1) is 5.92 Å². The number of ether oxygens (including phenoxy) is 2. The van der Waals surface area contributed by atoms with Gasteiger partial charge < -0.3 is 19.9 Å². The summed E-state index contributed by atoms with van der Waals surface area (Å²) >= 11 is 0. The van der Waals surface area contributed by atoms with Crippen LogP contribution in [0.15, 0.2) is 0 Å². The first-order valence-corrected chi connectivity index (χ1v) is 9.44. The predicted octanol–water partition coefficient (Wildman–Crippen LogP) is 2.59. The lowest BCUT2D eigenvalue weighted by Gasteiger charge is -2.18. The molecule has 0 saturated heterocycles. The van der Waals surface area contributed by atoms with Crippen molar-refractivity contribution in [3.63, 3.8) is 0 Å². The molecule has 0 aromatic heterocycles. The van der Waals surface area contributed by atoms with Crippen molar-refractivity contribution in [2.75, 3.05) is 19.8 Å². The second-order valence-corrected chi connectivity index (χ2v) is 6.49. The van der Waals surface area contributed by atoms with E-state index in [1.165, 1.54) is 0 Å². The summed E-state index contributed by atoms with van der Waals surface area (Å²) in [5.74, 6) is -5.89. The Kier molecular flexibility index (Phi) is 13.5. The number of carbonyl (C=O) groups excluding carboxylic acids is 3. The summed E-state index contributed by atoms with van der Waals surface area (Å²) in [7, 11) is 0. The molecule has 1 amide bonds. The number of carboxylic acid groups (broad SMARTS) is 1. The van der Waals surface area contributed by atoms with Crippen molar-refractivity contribution < 1.29 is 46.9 Å². The topological polar surface area (TPSA) is 119 Å². The van der Waals surface area contributed by atoms with Gasteiger partial charge in [-0.25, -0.2) is 0 Å². The summed E-state index contributed by atoms with van der Waals surface area (Å²) in [6.45, 7) is 1.22. The van der Waals surface area contributed by atoms with E-state index < -0.39 is 61.9 Å². The molecule has 1 unspecified atom stereocenters. The molecule has 0 aromatic carbocycles. The highest BCUT2D eigenvalue weighted by atomic mass is 19.4. The lowest BCUT2D eigenvalue weighted by Crippen LogP contribution is -2.40. The first-order chi connectivity index (χ1) is 13.6. The van der Waals surface area contributed by atoms with E-state index in [0.29, 0.717) is 6.42 Å². The molecule has 0 bridgehead atoms. The van der Waals surface area contributed by atoms with Crippen molar-refractivity contribution in [3.8, 4) is 0 Å². The molecule has 0 rings (SSSR count). The minimum absolute atomic E-state index is 0.169. The fraction of sp³-hybridized carbons (Fsp3) is 0.778. The number of esters is 2. The molecule has 8 nitrogen and oxygen atoms in total. The maximum absolute atomic E-state index is 12.3. The van der Waals surface area contributed by atoms with Crippen molar-refractivity contribution in [2.45, 2.75) is 64.5 Å². The summed E-state index contributed by atoms with van der Waals surface area (Å²) in [5.41, 5.74) is 0. The van der Waals surface area contributed by atoms with Crippen LogP contribution in [-0.4, -0.2) is 54.9 Å². The van der Waals surface area contributed by atoms with E-state index in [1.54, 1.807) is 5.32 Å². The Morgan fingerprint density at radius 1 is 0.966 bits per heavy atom. The van der Waals surface area contributed by atoms with Gasteiger partial charge in [0.05, 0.1) is 32.5 Å². The Labute approximate surface area is 167 Å². The SMILES string of the molecule is CCCCCCCOC(=O)CC(CNC(=O)C(F)(F)F)COC(=O)CCC(=O)O. The van der Waals surface area contributed by atoms with Crippen LogP contribution in [0.3, 0.4) is 0 Å². The van der Waals surface area contributed by atoms with Crippen LogP contribution in [0.2, 0.25) is 0 Å². The van der Waals surface area contributed by atoms with Gasteiger partial charge in [0.25, 0.3) is 0 Å². The normalized spacial score (nSPS) is 12.1. The Morgan fingerprint density at radius 3 is 2.21 bits per heavy atom. The monoisotopic (exact) mass is 427 g/mol. The van der Waals surface area contributed by atoms with Gasteiger partial charge in [-0.2, -0.15) is 13.2 Å². The fourth-order valence-electron chi connectivity index (χ4n) is 2.21. The minimum Gasteiger partial charge on any atom is -0.481 e. The average molecular weight is 427 g/mol. The maximum atomic E-state index is 12.3. The van der Waals surface area contributed by atoms with E-state index in [2.05, 4.69) is 6.92 Å². The zero-order chi connectivity index (χ0) is 22.3. The fourth-order valence-corrected chi connectivity index (χ4v) is 2.21. The molecule has 0 heterocycles. The van der Waals surface area contributed by atoms with Crippen LogP contribution in [0.5, 0.6) is 0 Å². The molecule has 0 aliphatic heterocycles. The zero-order valence-electron chi connectivity index (χ0n) is 16.4. The van der Waals surface area contributed by atoms with Gasteiger partial charge in [0.2, 0.25) is 0 Å². The van der Waals surface area contributed by atoms with Crippen LogP contribution in [-0.2, 0) is 28.7 Å². The van der Waals surface area contributed by atoms with Crippen molar-refractivity contribution in [1.29, 1.82) is 0 Å². The molecule has 0 aliphatic carbocycles. The predicted molar refractivity (Wildman–Crippen MR) is 94.7 cm³/mol. The summed E-state index contributed by atoms with van der Waals surface area (Å²) in [5, 5.41) is 10.1. The van der Waals surface area contributed by atoms with Gasteiger partial charge >= 0.3 is 30.0 Å². The largest absolute Gasteiger partial charge is 0.481 e. The number of carbonyl (C=O) groups is 4. The number of hydrogen-bond donors (Lipinski definition) is 2. The third-order valence-electron chi connectivity index (χ3n) is 3.80. The van der Waals surface area contributed by atoms with Crippen LogP contribution in [0.25, 0.3) is 0 Å². The van der Waals surface area contributed by atoms with Crippen molar-refractivity contribution >= 4 is 23.8 Å². The molecule has 2 N–H and O–H groups in total. The molecule has 1 atom stereocenters. The van der Waals surface area contributed by atoms with Gasteiger partial charge in [0.1, 0.15) is 0 Å². The van der Waals surface area contributed by atoms with Gasteiger partial charge in [-0.3, -0.25) is 19.2 Å². The molecule has 0 radical (unpaired) electrons. The van der Waals surface area contributed by atoms with Gasteiger partial charge in [-0.1, -0.05) is 32.6 Å². The maximum Gasteiger partial charge on any atom is 0.471 e. The van der Waals surface area contributed by atoms with E-state index in [4.69, 9.17) is 14.6 Å². The second-order valence-electron chi connectivity index (χ2n) is 6.49. The quantitative estimate of drug-likeness (QED) is 0.305. The number of carboxylic acids is 1. The number of amides is 1. The average Bonchev–Trinajstić information content (AvgIpc) is 2.63. The number of aliphatic carboxylic acids is 1. The molecule has 0 aliphatic rings. The smallest absolute Gasteiger partial charge is 0.471 e. The summed E-state index contributed by atoms with van der Waals surface area (Å²) in [6, 6.07) is 0. The third kappa shape index (κ3) is 15.3. The van der Waals surface area contributed by atoms with Crippen molar-refractivity contribution in [1.82, 2.24) is 5.32 Å². The van der Waals surface area contributed by atoms with E-state index in [-0.39, 0.29) is 13.0 Å². The van der Waals surface area contributed by atoms with E-state index in [0.717, 1.165) is 25.7 Å². The Hall–Kier alpha value is -2.33. The van der Waals surface area contributed by atoms with E-state index >= 15 is 0 Å². The standard InChI is InChI=1S/C18H28F3NO7/c1-2-3-4-5-6-9-28-16(26)10-13(11-22-17(27)18(19,20)21)12-29-15(25)8-7-14(23)24/h13H,2-12H2,1H3,(H,22,27)(H,23,24). The number of unbranched alkanes of at least 4 members (excludes halogenated alkanes) is 4. The molecule has 0 spiro atoms. The van der Waals surface area contributed by atoms with Gasteiger partial charge in [-0.05, 0) is 6.42 Å².